The normalized spacial score (nSPS) is 42.2. The van der Waals surface area contributed by atoms with Crippen molar-refractivity contribution in [3.8, 4) is 0 Å². The smallest absolute Gasteiger partial charge is 0.224 e. The summed E-state index contributed by atoms with van der Waals surface area (Å²) in [6.07, 6.45) is 13.7. The van der Waals surface area contributed by atoms with Gasteiger partial charge in [0.2, 0.25) is 5.91 Å². The maximum absolute atomic E-state index is 12.9. The van der Waals surface area contributed by atoms with Crippen LogP contribution in [0.3, 0.4) is 0 Å². The van der Waals surface area contributed by atoms with Crippen molar-refractivity contribution in [3.05, 3.63) is 18.2 Å². The lowest BCUT2D eigenvalue weighted by atomic mass is 9.53. The highest BCUT2D eigenvalue weighted by atomic mass is 16.2. The molecule has 4 fully saturated rings. The molecule has 0 spiro atoms. The van der Waals surface area contributed by atoms with E-state index in [2.05, 4.69) is 14.9 Å². The number of amides is 1. The molecule has 0 radical (unpaired) electrons. The van der Waals surface area contributed by atoms with Crippen molar-refractivity contribution in [3.63, 3.8) is 0 Å². The summed E-state index contributed by atoms with van der Waals surface area (Å²) in [5.74, 6) is 3.13. The van der Waals surface area contributed by atoms with E-state index in [0.717, 1.165) is 37.1 Å². The van der Waals surface area contributed by atoms with Gasteiger partial charge in [-0.05, 0) is 62.7 Å². The first-order chi connectivity index (χ1) is 10.7. The number of aryl methyl sites for hydroxylation is 1. The molecule has 6 rings (SSSR count). The highest BCUT2D eigenvalue weighted by Gasteiger charge is 2.51. The fourth-order valence-electron chi connectivity index (χ4n) is 6.22. The fraction of sp³-hybridized carbons (Fsp3) is 0.778. The number of nitrogens with zero attached hydrogens (tertiary/aromatic N) is 2. The number of aromatic nitrogens is 2. The average molecular weight is 299 g/mol. The van der Waals surface area contributed by atoms with Crippen molar-refractivity contribution >= 4 is 5.91 Å². The van der Waals surface area contributed by atoms with Crippen LogP contribution in [0.2, 0.25) is 0 Å². The molecule has 1 atom stereocenters. The zero-order valence-corrected chi connectivity index (χ0v) is 13.1. The number of fused-ring (bicyclic) bond motifs is 1. The van der Waals surface area contributed by atoms with Crippen LogP contribution in [0.4, 0.5) is 0 Å². The molecule has 1 unspecified atom stereocenters. The van der Waals surface area contributed by atoms with E-state index in [0.29, 0.717) is 5.91 Å². The van der Waals surface area contributed by atoms with Crippen LogP contribution in [0.25, 0.3) is 0 Å². The molecule has 4 heteroatoms. The van der Waals surface area contributed by atoms with Gasteiger partial charge in [-0.15, -0.1) is 0 Å². The third-order valence-corrected chi connectivity index (χ3v) is 6.77. The highest BCUT2D eigenvalue weighted by Crippen LogP contribution is 2.55. The van der Waals surface area contributed by atoms with Crippen LogP contribution in [-0.4, -0.2) is 21.0 Å². The summed E-state index contributed by atoms with van der Waals surface area (Å²) >= 11 is 0. The molecule has 4 bridgehead atoms. The Morgan fingerprint density at radius 3 is 2.55 bits per heavy atom. The number of carbonyl (C=O) groups excluding carboxylic acids is 1. The zero-order chi connectivity index (χ0) is 14.7. The van der Waals surface area contributed by atoms with Crippen LogP contribution in [0.1, 0.15) is 50.6 Å². The second-order valence-corrected chi connectivity index (χ2v) is 8.46. The number of nitrogens with one attached hydrogen (secondary N) is 1. The Morgan fingerprint density at radius 2 is 1.86 bits per heavy atom. The van der Waals surface area contributed by atoms with E-state index in [1.54, 1.807) is 0 Å². The number of hydrogen-bond donors (Lipinski definition) is 1. The number of hydrogen-bond acceptors (Lipinski definition) is 2. The Morgan fingerprint density at radius 1 is 1.18 bits per heavy atom. The molecule has 2 heterocycles. The number of imidazole rings is 1. The quantitative estimate of drug-likeness (QED) is 0.912. The summed E-state index contributed by atoms with van der Waals surface area (Å²) in [6, 6.07) is 0. The Labute approximate surface area is 131 Å². The van der Waals surface area contributed by atoms with Gasteiger partial charge in [0.05, 0.1) is 6.33 Å². The van der Waals surface area contributed by atoms with Crippen LogP contribution in [-0.2, 0) is 17.8 Å². The molecule has 0 saturated heterocycles. The lowest BCUT2D eigenvalue weighted by Crippen LogP contribution is -2.61. The highest BCUT2D eigenvalue weighted by molar-refractivity contribution is 5.80. The molecular weight excluding hydrogens is 274 g/mol. The van der Waals surface area contributed by atoms with Crippen molar-refractivity contribution in [1.82, 2.24) is 14.9 Å². The van der Waals surface area contributed by atoms with Crippen molar-refractivity contribution in [2.24, 2.45) is 23.7 Å². The SMILES string of the molecule is O=C(NC12CC3CC(CC(C3)C1)C2)C1CCn2cncc2C1. The minimum atomic E-state index is 0.150. The Balaban J connectivity index is 1.31. The minimum absolute atomic E-state index is 0.150. The molecular formula is C18H25N3O. The third kappa shape index (κ3) is 2.03. The van der Waals surface area contributed by atoms with Gasteiger partial charge in [-0.2, -0.15) is 0 Å². The molecule has 4 aliphatic carbocycles. The molecule has 4 nitrogen and oxygen atoms in total. The van der Waals surface area contributed by atoms with Crippen LogP contribution in [0, 0.1) is 23.7 Å². The van der Waals surface area contributed by atoms with E-state index in [1.165, 1.54) is 44.2 Å². The Hall–Kier alpha value is -1.32. The van der Waals surface area contributed by atoms with E-state index in [-0.39, 0.29) is 11.5 Å². The first kappa shape index (κ1) is 13.1. The summed E-state index contributed by atoms with van der Waals surface area (Å²) in [4.78, 5) is 17.1. The molecule has 1 amide bonds. The van der Waals surface area contributed by atoms with Crippen molar-refractivity contribution in [2.45, 2.75) is 63.5 Å². The van der Waals surface area contributed by atoms with Crippen molar-refractivity contribution in [1.29, 1.82) is 0 Å². The van der Waals surface area contributed by atoms with E-state index in [1.807, 2.05) is 12.5 Å². The molecule has 1 N–H and O–H groups in total. The summed E-state index contributed by atoms with van der Waals surface area (Å²) < 4.78 is 2.19. The van der Waals surface area contributed by atoms with Gasteiger partial charge in [-0.25, -0.2) is 4.98 Å². The minimum Gasteiger partial charge on any atom is -0.350 e. The maximum atomic E-state index is 12.9. The summed E-state index contributed by atoms with van der Waals surface area (Å²) in [5, 5.41) is 3.55. The van der Waals surface area contributed by atoms with Gasteiger partial charge in [-0.3, -0.25) is 4.79 Å². The Bertz CT molecular complexity index is 570. The fourth-order valence-corrected chi connectivity index (χ4v) is 6.22. The molecule has 22 heavy (non-hydrogen) atoms. The molecule has 118 valence electrons. The second kappa shape index (κ2) is 4.59. The standard InChI is InChI=1S/C18H25N3O/c22-17(15-1-2-21-11-19-10-16(21)6-15)20-18-7-12-3-13(8-18)5-14(4-12)9-18/h10-15H,1-9H2,(H,20,22). The van der Waals surface area contributed by atoms with E-state index in [4.69, 9.17) is 0 Å². The average Bonchev–Trinajstić information content (AvgIpc) is 2.92. The van der Waals surface area contributed by atoms with Crippen molar-refractivity contribution < 1.29 is 4.79 Å². The number of carbonyl (C=O) groups is 1. The zero-order valence-electron chi connectivity index (χ0n) is 13.1. The maximum Gasteiger partial charge on any atom is 0.224 e. The lowest BCUT2D eigenvalue weighted by molar-refractivity contribution is -0.131. The van der Waals surface area contributed by atoms with Crippen LogP contribution >= 0.6 is 0 Å². The van der Waals surface area contributed by atoms with E-state index >= 15 is 0 Å². The van der Waals surface area contributed by atoms with Crippen LogP contribution in [0.15, 0.2) is 12.5 Å². The van der Waals surface area contributed by atoms with E-state index in [9.17, 15) is 4.79 Å². The lowest BCUT2D eigenvalue weighted by Gasteiger charge is -2.57. The number of rotatable bonds is 2. The van der Waals surface area contributed by atoms with Gasteiger partial charge >= 0.3 is 0 Å². The van der Waals surface area contributed by atoms with Gasteiger partial charge < -0.3 is 9.88 Å². The molecule has 1 aliphatic heterocycles. The predicted molar refractivity (Wildman–Crippen MR) is 83.1 cm³/mol. The predicted octanol–water partition coefficient (Wildman–Crippen LogP) is 2.53. The molecule has 5 aliphatic rings. The van der Waals surface area contributed by atoms with E-state index < -0.39 is 0 Å². The summed E-state index contributed by atoms with van der Waals surface area (Å²) in [5.41, 5.74) is 1.38. The van der Waals surface area contributed by atoms with Gasteiger partial charge in [0.1, 0.15) is 0 Å². The monoisotopic (exact) mass is 299 g/mol. The molecule has 0 aromatic carbocycles. The molecule has 4 saturated carbocycles. The van der Waals surface area contributed by atoms with Gasteiger partial charge in [-0.1, -0.05) is 0 Å². The summed E-state index contributed by atoms with van der Waals surface area (Å²) in [6.45, 7) is 0.939. The molecule has 1 aromatic rings. The first-order valence-electron chi connectivity index (χ1n) is 9.00. The van der Waals surface area contributed by atoms with Crippen LogP contribution in [0.5, 0.6) is 0 Å². The van der Waals surface area contributed by atoms with Crippen molar-refractivity contribution in [2.75, 3.05) is 0 Å². The van der Waals surface area contributed by atoms with Gasteiger partial charge in [0, 0.05) is 36.3 Å². The topological polar surface area (TPSA) is 46.9 Å². The van der Waals surface area contributed by atoms with Crippen LogP contribution < -0.4 is 5.32 Å². The summed E-state index contributed by atoms with van der Waals surface area (Å²) in [7, 11) is 0. The Kier molecular flexibility index (Phi) is 2.74. The van der Waals surface area contributed by atoms with Gasteiger partial charge in [0.15, 0.2) is 0 Å². The second-order valence-electron chi connectivity index (χ2n) is 8.46. The molecule has 1 aromatic heterocycles. The third-order valence-electron chi connectivity index (χ3n) is 6.77. The van der Waals surface area contributed by atoms with Gasteiger partial charge in [0.25, 0.3) is 0 Å². The largest absolute Gasteiger partial charge is 0.350 e. The first-order valence-corrected chi connectivity index (χ1v) is 9.00.